The van der Waals surface area contributed by atoms with Crippen molar-refractivity contribution in [3.63, 3.8) is 0 Å². The average molecular weight is 365 g/mol. The van der Waals surface area contributed by atoms with Crippen LogP contribution in [-0.2, 0) is 0 Å². The molecule has 0 radical (unpaired) electrons. The van der Waals surface area contributed by atoms with Crippen LogP contribution in [0.2, 0.25) is 0 Å². The Hall–Kier alpha value is -2.30. The second-order valence-corrected chi connectivity index (χ2v) is 7.07. The molecule has 0 atom stereocenters. The van der Waals surface area contributed by atoms with Gasteiger partial charge in [-0.25, -0.2) is 9.38 Å². The summed E-state index contributed by atoms with van der Waals surface area (Å²) in [6.07, 6.45) is 0. The molecule has 0 aromatic heterocycles. The van der Waals surface area contributed by atoms with E-state index in [2.05, 4.69) is 4.99 Å². The second kappa shape index (κ2) is 9.25. The number of halogens is 1. The number of thioether (sulfide) groups is 2. The van der Waals surface area contributed by atoms with Crippen LogP contribution in [0.5, 0.6) is 0 Å². The fourth-order valence-electron chi connectivity index (χ4n) is 2.01. The van der Waals surface area contributed by atoms with Gasteiger partial charge in [-0.05, 0) is 36.4 Å². The molecule has 0 aliphatic heterocycles. The van der Waals surface area contributed by atoms with Gasteiger partial charge in [0, 0.05) is 15.2 Å². The van der Waals surface area contributed by atoms with Crippen molar-refractivity contribution in [3.8, 4) is 0 Å². The van der Waals surface area contributed by atoms with E-state index in [1.807, 2.05) is 91.0 Å². The Morgan fingerprint density at radius 2 is 1.24 bits per heavy atom. The second-order valence-electron chi connectivity index (χ2n) is 5.06. The highest BCUT2D eigenvalue weighted by molar-refractivity contribution is 8.14. The minimum atomic E-state index is -0.341. The number of rotatable bonds is 5. The summed E-state index contributed by atoms with van der Waals surface area (Å²) in [7, 11) is 0. The SMILES string of the molecule is FC(=C\Sc1ccccc1)/C(=N/c1ccccc1)Sc1ccccc1. The minimum Gasteiger partial charge on any atom is -0.239 e. The molecule has 3 rings (SSSR count). The Morgan fingerprint density at radius 1 is 0.720 bits per heavy atom. The molecule has 1 nitrogen and oxygen atoms in total. The van der Waals surface area contributed by atoms with Crippen LogP contribution in [0, 0.1) is 0 Å². The van der Waals surface area contributed by atoms with Gasteiger partial charge in [0.15, 0.2) is 5.83 Å². The van der Waals surface area contributed by atoms with Gasteiger partial charge in [-0.1, -0.05) is 78.1 Å². The quantitative estimate of drug-likeness (QED) is 0.271. The number of hydrogen-bond acceptors (Lipinski definition) is 3. The minimum absolute atomic E-state index is 0.341. The third kappa shape index (κ3) is 5.62. The van der Waals surface area contributed by atoms with Crippen LogP contribution < -0.4 is 0 Å². The van der Waals surface area contributed by atoms with Gasteiger partial charge in [-0.2, -0.15) is 0 Å². The van der Waals surface area contributed by atoms with Gasteiger partial charge >= 0.3 is 0 Å². The maximum atomic E-state index is 14.8. The molecular formula is C21H16FNS2. The lowest BCUT2D eigenvalue weighted by Crippen LogP contribution is -1.93. The first-order valence-corrected chi connectivity index (χ1v) is 9.45. The smallest absolute Gasteiger partial charge is 0.162 e. The first-order valence-electron chi connectivity index (χ1n) is 7.75. The van der Waals surface area contributed by atoms with Gasteiger partial charge in [0.2, 0.25) is 0 Å². The van der Waals surface area contributed by atoms with Gasteiger partial charge < -0.3 is 0 Å². The lowest BCUT2D eigenvalue weighted by Gasteiger charge is -2.05. The summed E-state index contributed by atoms with van der Waals surface area (Å²) in [5, 5.41) is 1.85. The molecule has 124 valence electrons. The van der Waals surface area contributed by atoms with E-state index in [1.54, 1.807) is 0 Å². The molecule has 0 saturated carbocycles. The van der Waals surface area contributed by atoms with Crippen LogP contribution in [-0.4, -0.2) is 5.04 Å². The normalized spacial score (nSPS) is 12.2. The molecule has 0 aliphatic carbocycles. The summed E-state index contributed by atoms with van der Waals surface area (Å²) in [5.41, 5.74) is 0.731. The van der Waals surface area contributed by atoms with Gasteiger partial charge in [0.1, 0.15) is 5.04 Å². The molecule has 25 heavy (non-hydrogen) atoms. The highest BCUT2D eigenvalue weighted by atomic mass is 32.2. The Morgan fingerprint density at radius 3 is 1.84 bits per heavy atom. The highest BCUT2D eigenvalue weighted by Gasteiger charge is 2.10. The third-order valence-electron chi connectivity index (χ3n) is 3.19. The molecule has 3 aromatic carbocycles. The summed E-state index contributed by atoms with van der Waals surface area (Å²) in [5.74, 6) is -0.341. The highest BCUT2D eigenvalue weighted by Crippen LogP contribution is 2.29. The maximum Gasteiger partial charge on any atom is 0.162 e. The van der Waals surface area contributed by atoms with Crippen molar-refractivity contribution in [2.24, 2.45) is 4.99 Å². The summed E-state index contributed by atoms with van der Waals surface area (Å²) in [6.45, 7) is 0. The van der Waals surface area contributed by atoms with Crippen molar-refractivity contribution >= 4 is 34.3 Å². The van der Waals surface area contributed by atoms with Gasteiger partial charge in [0.25, 0.3) is 0 Å². The van der Waals surface area contributed by atoms with Gasteiger partial charge in [0.05, 0.1) is 5.69 Å². The summed E-state index contributed by atoms with van der Waals surface area (Å²) < 4.78 is 14.8. The number of aliphatic imine (C=N–C) groups is 1. The maximum absolute atomic E-state index is 14.8. The number of para-hydroxylation sites is 1. The molecular weight excluding hydrogens is 349 g/mol. The van der Waals surface area contributed by atoms with Crippen molar-refractivity contribution in [1.82, 2.24) is 0 Å². The van der Waals surface area contributed by atoms with E-state index in [0.29, 0.717) is 5.04 Å². The molecule has 4 heteroatoms. The lowest BCUT2D eigenvalue weighted by atomic mass is 10.3. The zero-order chi connectivity index (χ0) is 17.3. The molecule has 0 heterocycles. The van der Waals surface area contributed by atoms with Crippen LogP contribution in [0.4, 0.5) is 10.1 Å². The number of hydrogen-bond donors (Lipinski definition) is 0. The fraction of sp³-hybridized carbons (Fsp3) is 0. The van der Waals surface area contributed by atoms with E-state index >= 15 is 0 Å². The van der Waals surface area contributed by atoms with E-state index < -0.39 is 0 Å². The van der Waals surface area contributed by atoms with Crippen LogP contribution in [0.15, 0.2) is 117 Å². The molecule has 0 amide bonds. The monoisotopic (exact) mass is 365 g/mol. The molecule has 0 fully saturated rings. The molecule has 0 aliphatic rings. The summed E-state index contributed by atoms with van der Waals surface area (Å²) in [6, 6.07) is 28.8. The Balaban J connectivity index is 1.86. The van der Waals surface area contributed by atoms with Gasteiger partial charge in [-0.3, -0.25) is 0 Å². The Labute approximate surface area is 155 Å². The first-order chi connectivity index (χ1) is 12.3. The lowest BCUT2D eigenvalue weighted by molar-refractivity contribution is 0.687. The van der Waals surface area contributed by atoms with Crippen LogP contribution in [0.1, 0.15) is 0 Å². The average Bonchev–Trinajstić information content (AvgIpc) is 2.68. The van der Waals surface area contributed by atoms with E-state index in [-0.39, 0.29) is 5.83 Å². The molecule has 0 bridgehead atoms. The summed E-state index contributed by atoms with van der Waals surface area (Å²) in [4.78, 5) is 6.43. The van der Waals surface area contributed by atoms with Crippen molar-refractivity contribution in [3.05, 3.63) is 102 Å². The molecule has 0 saturated heterocycles. The van der Waals surface area contributed by atoms with Crippen molar-refractivity contribution in [2.75, 3.05) is 0 Å². The largest absolute Gasteiger partial charge is 0.239 e. The molecule has 0 unspecified atom stereocenters. The first kappa shape index (κ1) is 17.5. The van der Waals surface area contributed by atoms with Crippen molar-refractivity contribution in [2.45, 2.75) is 9.79 Å². The predicted molar refractivity (Wildman–Crippen MR) is 107 cm³/mol. The predicted octanol–water partition coefficient (Wildman–Crippen LogP) is 7.11. The standard InChI is InChI=1S/C21H16FNS2/c22-20(16-24-18-12-6-2-7-13-18)21(23-17-10-4-1-5-11-17)25-19-14-8-3-9-15-19/h1-16H/b20-16-,23-21-. The molecule has 3 aromatic rings. The van der Waals surface area contributed by atoms with E-state index in [4.69, 9.17) is 0 Å². The van der Waals surface area contributed by atoms with Crippen molar-refractivity contribution < 1.29 is 4.39 Å². The van der Waals surface area contributed by atoms with Crippen LogP contribution >= 0.6 is 23.5 Å². The third-order valence-corrected chi connectivity index (χ3v) is 5.05. The molecule has 0 spiro atoms. The van der Waals surface area contributed by atoms with Crippen LogP contribution in [0.3, 0.4) is 0 Å². The van der Waals surface area contributed by atoms with Crippen LogP contribution in [0.25, 0.3) is 0 Å². The Kier molecular flexibility index (Phi) is 6.48. The Bertz CT molecular complexity index is 847. The van der Waals surface area contributed by atoms with E-state index in [1.165, 1.54) is 28.9 Å². The van der Waals surface area contributed by atoms with E-state index in [9.17, 15) is 4.39 Å². The summed E-state index contributed by atoms with van der Waals surface area (Å²) >= 11 is 2.67. The number of benzene rings is 3. The number of nitrogens with zero attached hydrogens (tertiary/aromatic N) is 1. The topological polar surface area (TPSA) is 12.4 Å². The zero-order valence-corrected chi connectivity index (χ0v) is 15.0. The molecule has 0 N–H and O–H groups in total. The van der Waals surface area contributed by atoms with Crippen molar-refractivity contribution in [1.29, 1.82) is 0 Å². The van der Waals surface area contributed by atoms with Gasteiger partial charge in [-0.15, -0.1) is 0 Å². The zero-order valence-electron chi connectivity index (χ0n) is 13.4. The fourth-order valence-corrected chi connectivity index (χ4v) is 3.58. The van der Waals surface area contributed by atoms with E-state index in [0.717, 1.165) is 15.5 Å².